The van der Waals surface area contributed by atoms with Crippen molar-refractivity contribution in [2.45, 2.75) is 49.5 Å². The first kappa shape index (κ1) is 31.1. The van der Waals surface area contributed by atoms with Crippen molar-refractivity contribution in [2.75, 3.05) is 4.90 Å². The van der Waals surface area contributed by atoms with E-state index in [2.05, 4.69) is 215 Å². The third kappa shape index (κ3) is 3.89. The molecule has 1 heteroatoms. The monoisotopic (exact) mass is 669 g/mol. The van der Waals surface area contributed by atoms with Gasteiger partial charge in [0.05, 0.1) is 11.0 Å². The summed E-state index contributed by atoms with van der Waals surface area (Å²) < 4.78 is 0. The van der Waals surface area contributed by atoms with Gasteiger partial charge in [-0.15, -0.1) is 0 Å². The molecule has 0 spiro atoms. The van der Waals surface area contributed by atoms with E-state index in [-0.39, 0.29) is 10.8 Å². The maximum atomic E-state index is 2.66. The third-order valence-electron chi connectivity index (χ3n) is 13.0. The molecule has 0 fully saturated rings. The lowest BCUT2D eigenvalue weighted by Crippen LogP contribution is -2.58. The van der Waals surface area contributed by atoms with Crippen molar-refractivity contribution in [3.8, 4) is 11.1 Å². The van der Waals surface area contributed by atoms with Crippen molar-refractivity contribution in [3.05, 3.63) is 227 Å². The van der Waals surface area contributed by atoms with Gasteiger partial charge in [-0.25, -0.2) is 0 Å². The molecule has 1 aliphatic heterocycles. The van der Waals surface area contributed by atoms with Gasteiger partial charge in [-0.1, -0.05) is 171 Å². The molecule has 0 radical (unpaired) electrons. The molecule has 4 unspecified atom stereocenters. The van der Waals surface area contributed by atoms with Crippen LogP contribution in [0.1, 0.15) is 61.1 Å². The number of fused-ring (bicyclic) bond motifs is 5. The molecule has 0 amide bonds. The van der Waals surface area contributed by atoms with Crippen LogP contribution in [-0.2, 0) is 16.2 Å². The molecule has 1 nitrogen and oxygen atoms in total. The largest absolute Gasteiger partial charge is 0.328 e. The number of nitrogens with zero attached hydrogens (tertiary/aromatic N) is 1. The van der Waals surface area contributed by atoms with Crippen LogP contribution in [0.4, 0.5) is 11.4 Å². The van der Waals surface area contributed by atoms with Crippen LogP contribution in [-0.4, -0.2) is 5.54 Å². The van der Waals surface area contributed by atoms with Gasteiger partial charge >= 0.3 is 0 Å². The second-order valence-corrected chi connectivity index (χ2v) is 15.8. The van der Waals surface area contributed by atoms with E-state index in [1.54, 1.807) is 0 Å². The van der Waals surface area contributed by atoms with E-state index in [4.69, 9.17) is 0 Å². The summed E-state index contributed by atoms with van der Waals surface area (Å²) in [5, 5.41) is 0. The van der Waals surface area contributed by atoms with E-state index in [0.717, 1.165) is 0 Å². The molecule has 0 N–H and O–H groups in total. The van der Waals surface area contributed by atoms with Crippen LogP contribution >= 0.6 is 0 Å². The average Bonchev–Trinajstić information content (AvgIpc) is 3.49. The maximum absolute atomic E-state index is 2.66. The highest BCUT2D eigenvalue weighted by Gasteiger charge is 2.57. The van der Waals surface area contributed by atoms with Crippen molar-refractivity contribution < 1.29 is 0 Å². The fraction of sp³-hybridized carbons (Fsp3) is 0.176. The SMILES string of the molecule is CC1C=CC2(C)C3=C1C(C)(c1ccccc1)C=CC3(C)N(c1ccc3c(c1)C(c1ccccc1)(c1ccccc1)c1ccccc1-3)c1ccccc12. The van der Waals surface area contributed by atoms with Gasteiger partial charge in [0.15, 0.2) is 0 Å². The molecule has 6 aromatic rings. The highest BCUT2D eigenvalue weighted by molar-refractivity contribution is 5.90. The van der Waals surface area contributed by atoms with Crippen LogP contribution in [0.5, 0.6) is 0 Å². The molecule has 4 aliphatic rings. The maximum Gasteiger partial charge on any atom is 0.0833 e. The summed E-state index contributed by atoms with van der Waals surface area (Å²) in [5.41, 5.74) is 14.7. The molecule has 0 saturated heterocycles. The third-order valence-corrected chi connectivity index (χ3v) is 13.0. The van der Waals surface area contributed by atoms with Crippen molar-refractivity contribution in [3.63, 3.8) is 0 Å². The molecule has 4 atom stereocenters. The molecule has 6 aromatic carbocycles. The number of hydrogen-bond acceptors (Lipinski definition) is 1. The zero-order chi connectivity index (χ0) is 35.3. The average molecular weight is 670 g/mol. The summed E-state index contributed by atoms with van der Waals surface area (Å²) in [7, 11) is 0. The minimum atomic E-state index is -0.462. The zero-order valence-electron chi connectivity index (χ0n) is 30.3. The van der Waals surface area contributed by atoms with Gasteiger partial charge in [0.2, 0.25) is 0 Å². The van der Waals surface area contributed by atoms with Crippen LogP contribution in [0, 0.1) is 5.92 Å². The van der Waals surface area contributed by atoms with Gasteiger partial charge in [0.25, 0.3) is 0 Å². The standard InChI is InChI=1S/C51H43N/c1-35-30-31-49(3)43-26-16-17-27-45(43)52(50(4)33-32-48(2,46(35)47(49)50)36-18-8-5-9-19-36)39-28-29-41-40-24-14-15-25-42(40)51(44(41)34-39,37-20-10-6-11-21-37)38-22-12-7-13-23-38/h5-35H,1-4H3. The summed E-state index contributed by atoms with van der Waals surface area (Å²) in [6.45, 7) is 9.75. The second kappa shape index (κ2) is 10.9. The van der Waals surface area contributed by atoms with Crippen LogP contribution in [0.15, 0.2) is 193 Å². The molecule has 3 aliphatic carbocycles. The summed E-state index contributed by atoms with van der Waals surface area (Å²) in [5.74, 6) is 0.294. The van der Waals surface area contributed by atoms with E-state index in [1.807, 2.05) is 0 Å². The Hall–Kier alpha value is -5.66. The van der Waals surface area contributed by atoms with Gasteiger partial charge < -0.3 is 4.90 Å². The van der Waals surface area contributed by atoms with Crippen molar-refractivity contribution in [1.82, 2.24) is 0 Å². The van der Waals surface area contributed by atoms with E-state index < -0.39 is 11.0 Å². The zero-order valence-corrected chi connectivity index (χ0v) is 30.3. The Bertz CT molecular complexity index is 2430. The Morgan fingerprint density at radius 2 is 1.04 bits per heavy atom. The lowest BCUT2D eigenvalue weighted by Gasteiger charge is -2.59. The molecule has 0 saturated carbocycles. The Labute approximate surface area is 308 Å². The number of benzene rings is 6. The summed E-state index contributed by atoms with van der Waals surface area (Å²) in [6, 6.07) is 58.9. The van der Waals surface area contributed by atoms with Gasteiger partial charge in [0, 0.05) is 22.2 Å². The molecule has 0 aromatic heterocycles. The molecular weight excluding hydrogens is 627 g/mol. The van der Waals surface area contributed by atoms with Crippen LogP contribution in [0.25, 0.3) is 11.1 Å². The van der Waals surface area contributed by atoms with Gasteiger partial charge in [0.1, 0.15) is 0 Å². The smallest absolute Gasteiger partial charge is 0.0833 e. The van der Waals surface area contributed by atoms with Gasteiger partial charge in [-0.2, -0.15) is 0 Å². The summed E-state index contributed by atoms with van der Waals surface area (Å²) >= 11 is 0. The topological polar surface area (TPSA) is 3.24 Å². The summed E-state index contributed by atoms with van der Waals surface area (Å²) in [4.78, 5) is 2.66. The predicted octanol–water partition coefficient (Wildman–Crippen LogP) is 12.2. The highest BCUT2D eigenvalue weighted by Crippen LogP contribution is 2.63. The fourth-order valence-electron chi connectivity index (χ4n) is 10.8. The minimum absolute atomic E-state index is 0.227. The molecular formula is C51H43N. The van der Waals surface area contributed by atoms with E-state index in [9.17, 15) is 0 Å². The Morgan fingerprint density at radius 1 is 0.481 bits per heavy atom. The Morgan fingerprint density at radius 3 is 1.71 bits per heavy atom. The second-order valence-electron chi connectivity index (χ2n) is 15.8. The lowest BCUT2D eigenvalue weighted by atomic mass is 9.52. The van der Waals surface area contributed by atoms with Crippen LogP contribution < -0.4 is 4.90 Å². The summed E-state index contributed by atoms with van der Waals surface area (Å²) in [6.07, 6.45) is 10.0. The minimum Gasteiger partial charge on any atom is -0.328 e. The van der Waals surface area contributed by atoms with E-state index >= 15 is 0 Å². The van der Waals surface area contributed by atoms with E-state index in [1.165, 1.54) is 67.0 Å². The van der Waals surface area contributed by atoms with Crippen LogP contribution in [0.2, 0.25) is 0 Å². The van der Waals surface area contributed by atoms with Crippen molar-refractivity contribution in [2.24, 2.45) is 5.92 Å². The lowest BCUT2D eigenvalue weighted by molar-refractivity contribution is 0.441. The Balaban J connectivity index is 1.28. The molecule has 252 valence electrons. The number of rotatable bonds is 4. The number of para-hydroxylation sites is 1. The predicted molar refractivity (Wildman–Crippen MR) is 216 cm³/mol. The fourth-order valence-corrected chi connectivity index (χ4v) is 10.8. The molecule has 0 bridgehead atoms. The quantitative estimate of drug-likeness (QED) is 0.169. The normalized spacial score (nSPS) is 26.0. The number of allylic oxidation sites excluding steroid dienone is 4. The number of anilines is 2. The highest BCUT2D eigenvalue weighted by atomic mass is 15.2. The van der Waals surface area contributed by atoms with Crippen LogP contribution in [0.3, 0.4) is 0 Å². The first-order valence-electron chi connectivity index (χ1n) is 18.8. The van der Waals surface area contributed by atoms with Gasteiger partial charge in [-0.05, 0) is 101 Å². The molecule has 52 heavy (non-hydrogen) atoms. The first-order chi connectivity index (χ1) is 25.3. The van der Waals surface area contributed by atoms with Crippen molar-refractivity contribution in [1.29, 1.82) is 0 Å². The Kier molecular flexibility index (Phi) is 6.53. The first-order valence-corrected chi connectivity index (χ1v) is 18.8. The van der Waals surface area contributed by atoms with E-state index in [0.29, 0.717) is 5.92 Å². The number of hydrogen-bond donors (Lipinski definition) is 0. The van der Waals surface area contributed by atoms with Gasteiger partial charge in [-0.3, -0.25) is 0 Å². The molecule has 1 heterocycles. The molecule has 10 rings (SSSR count). The van der Waals surface area contributed by atoms with Crippen molar-refractivity contribution >= 4 is 11.4 Å².